The maximum absolute atomic E-state index is 11.2. The minimum atomic E-state index is -0.191. The lowest BCUT2D eigenvalue weighted by molar-refractivity contribution is -0.136. The van der Waals surface area contributed by atoms with Crippen molar-refractivity contribution in [1.82, 2.24) is 0 Å². The highest BCUT2D eigenvalue weighted by atomic mass is 16.5. The third-order valence-electron chi connectivity index (χ3n) is 1.65. The molecule has 70 valence electrons. The summed E-state index contributed by atoms with van der Waals surface area (Å²) in [5, 5.41) is 0. The zero-order chi connectivity index (χ0) is 9.72. The van der Waals surface area contributed by atoms with Crippen LogP contribution < -0.4 is 0 Å². The van der Waals surface area contributed by atoms with E-state index in [-0.39, 0.29) is 5.97 Å². The van der Waals surface area contributed by atoms with E-state index in [4.69, 9.17) is 0 Å². The van der Waals surface area contributed by atoms with Gasteiger partial charge in [0.15, 0.2) is 0 Å². The average molecular weight is 170 g/mol. The van der Waals surface area contributed by atoms with Gasteiger partial charge >= 0.3 is 5.97 Å². The minimum Gasteiger partial charge on any atom is -0.466 e. The van der Waals surface area contributed by atoms with Gasteiger partial charge in [0.1, 0.15) is 0 Å². The quantitative estimate of drug-likeness (QED) is 0.480. The van der Waals surface area contributed by atoms with Crippen LogP contribution in [0.1, 0.15) is 34.1 Å². The molecule has 0 aromatic heterocycles. The molecule has 0 bridgehead atoms. The van der Waals surface area contributed by atoms with Gasteiger partial charge in [0.05, 0.1) is 7.11 Å². The Morgan fingerprint density at radius 2 is 1.83 bits per heavy atom. The SMILES string of the molecule is COC(=O)C(CC(C)C)=C(C)C. The van der Waals surface area contributed by atoms with E-state index in [1.54, 1.807) is 0 Å². The Morgan fingerprint density at radius 3 is 2.08 bits per heavy atom. The number of hydrogen-bond donors (Lipinski definition) is 0. The first-order valence-corrected chi connectivity index (χ1v) is 4.23. The molecule has 2 nitrogen and oxygen atoms in total. The lowest BCUT2D eigenvalue weighted by Gasteiger charge is -2.09. The normalized spacial score (nSPS) is 9.83. The van der Waals surface area contributed by atoms with Gasteiger partial charge in [0.25, 0.3) is 0 Å². The Hall–Kier alpha value is -0.790. The summed E-state index contributed by atoms with van der Waals surface area (Å²) < 4.78 is 4.68. The summed E-state index contributed by atoms with van der Waals surface area (Å²) in [6, 6.07) is 0. The fraction of sp³-hybridized carbons (Fsp3) is 0.700. The first-order valence-electron chi connectivity index (χ1n) is 4.23. The summed E-state index contributed by atoms with van der Waals surface area (Å²) in [6.07, 6.45) is 0.801. The van der Waals surface area contributed by atoms with Crippen molar-refractivity contribution in [2.24, 2.45) is 5.92 Å². The Kier molecular flexibility index (Phi) is 4.64. The predicted octanol–water partition coefficient (Wildman–Crippen LogP) is 2.54. The van der Waals surface area contributed by atoms with Gasteiger partial charge in [-0.05, 0) is 26.2 Å². The van der Waals surface area contributed by atoms with Crippen molar-refractivity contribution in [1.29, 1.82) is 0 Å². The van der Waals surface area contributed by atoms with Crippen molar-refractivity contribution in [3.05, 3.63) is 11.1 Å². The van der Waals surface area contributed by atoms with Gasteiger partial charge < -0.3 is 4.74 Å². The molecule has 0 heterocycles. The fourth-order valence-corrected chi connectivity index (χ4v) is 1.02. The van der Waals surface area contributed by atoms with Crippen LogP contribution in [0.3, 0.4) is 0 Å². The molecule has 0 saturated carbocycles. The molecule has 2 heteroatoms. The van der Waals surface area contributed by atoms with E-state index in [9.17, 15) is 4.79 Å². The zero-order valence-electron chi connectivity index (χ0n) is 8.60. The van der Waals surface area contributed by atoms with Crippen molar-refractivity contribution in [3.63, 3.8) is 0 Å². The monoisotopic (exact) mass is 170 g/mol. The molecule has 0 radical (unpaired) electrons. The predicted molar refractivity (Wildman–Crippen MR) is 49.8 cm³/mol. The molecule has 0 N–H and O–H groups in total. The number of carbonyl (C=O) groups is 1. The Balaban J connectivity index is 4.47. The third-order valence-corrected chi connectivity index (χ3v) is 1.65. The summed E-state index contributed by atoms with van der Waals surface area (Å²) >= 11 is 0. The van der Waals surface area contributed by atoms with Crippen LogP contribution in [-0.2, 0) is 9.53 Å². The van der Waals surface area contributed by atoms with Crippen LogP contribution >= 0.6 is 0 Å². The van der Waals surface area contributed by atoms with Crippen molar-refractivity contribution in [3.8, 4) is 0 Å². The molecule has 0 saturated heterocycles. The van der Waals surface area contributed by atoms with E-state index in [1.165, 1.54) is 7.11 Å². The molecule has 0 aromatic rings. The van der Waals surface area contributed by atoms with Gasteiger partial charge in [-0.2, -0.15) is 0 Å². The summed E-state index contributed by atoms with van der Waals surface area (Å²) in [5.41, 5.74) is 1.86. The van der Waals surface area contributed by atoms with E-state index in [2.05, 4.69) is 18.6 Å². The molecular formula is C10H18O2. The van der Waals surface area contributed by atoms with Crippen molar-refractivity contribution < 1.29 is 9.53 Å². The largest absolute Gasteiger partial charge is 0.466 e. The van der Waals surface area contributed by atoms with E-state index in [0.717, 1.165) is 17.6 Å². The zero-order valence-corrected chi connectivity index (χ0v) is 8.60. The molecule has 0 aliphatic carbocycles. The van der Waals surface area contributed by atoms with Crippen LogP contribution in [-0.4, -0.2) is 13.1 Å². The Bertz CT molecular complexity index is 186. The van der Waals surface area contributed by atoms with Crippen molar-refractivity contribution in [2.75, 3.05) is 7.11 Å². The van der Waals surface area contributed by atoms with Crippen LogP contribution in [0, 0.1) is 5.92 Å². The van der Waals surface area contributed by atoms with Gasteiger partial charge in [-0.1, -0.05) is 19.4 Å². The number of allylic oxidation sites excluding steroid dienone is 1. The molecule has 0 spiro atoms. The average Bonchev–Trinajstić information content (AvgIpc) is 1.98. The van der Waals surface area contributed by atoms with Crippen LogP contribution in [0.4, 0.5) is 0 Å². The second-order valence-corrected chi connectivity index (χ2v) is 3.57. The minimum absolute atomic E-state index is 0.191. The summed E-state index contributed by atoms with van der Waals surface area (Å²) in [4.78, 5) is 11.2. The molecule has 0 aliphatic heterocycles. The van der Waals surface area contributed by atoms with Gasteiger partial charge in [0.2, 0.25) is 0 Å². The van der Waals surface area contributed by atoms with E-state index in [0.29, 0.717) is 5.92 Å². The highest BCUT2D eigenvalue weighted by Crippen LogP contribution is 2.15. The highest BCUT2D eigenvalue weighted by molar-refractivity contribution is 5.89. The molecule has 0 aromatic carbocycles. The Labute approximate surface area is 74.6 Å². The molecule has 12 heavy (non-hydrogen) atoms. The number of methoxy groups -OCH3 is 1. The smallest absolute Gasteiger partial charge is 0.333 e. The summed E-state index contributed by atoms with van der Waals surface area (Å²) in [6.45, 7) is 8.06. The highest BCUT2D eigenvalue weighted by Gasteiger charge is 2.12. The number of ether oxygens (including phenoxy) is 1. The molecule has 0 fully saturated rings. The first-order chi connectivity index (χ1) is 5.49. The molecule has 0 rings (SSSR count). The summed E-state index contributed by atoms with van der Waals surface area (Å²) in [7, 11) is 1.42. The molecule has 0 unspecified atom stereocenters. The van der Waals surface area contributed by atoms with E-state index in [1.807, 2.05) is 13.8 Å². The molecular weight excluding hydrogens is 152 g/mol. The van der Waals surface area contributed by atoms with Crippen molar-refractivity contribution in [2.45, 2.75) is 34.1 Å². The molecule has 0 atom stereocenters. The van der Waals surface area contributed by atoms with Gasteiger partial charge in [-0.3, -0.25) is 0 Å². The van der Waals surface area contributed by atoms with Crippen LogP contribution in [0.25, 0.3) is 0 Å². The molecule has 0 aliphatic rings. The van der Waals surface area contributed by atoms with Crippen LogP contribution in [0.2, 0.25) is 0 Å². The van der Waals surface area contributed by atoms with Gasteiger partial charge in [-0.25, -0.2) is 4.79 Å². The fourth-order valence-electron chi connectivity index (χ4n) is 1.02. The maximum Gasteiger partial charge on any atom is 0.333 e. The van der Waals surface area contributed by atoms with Gasteiger partial charge in [0, 0.05) is 5.57 Å². The summed E-state index contributed by atoms with van der Waals surface area (Å²) in [5.74, 6) is 0.303. The molecule has 0 amide bonds. The van der Waals surface area contributed by atoms with Crippen LogP contribution in [0.5, 0.6) is 0 Å². The maximum atomic E-state index is 11.2. The number of rotatable bonds is 3. The Morgan fingerprint density at radius 1 is 1.33 bits per heavy atom. The van der Waals surface area contributed by atoms with E-state index >= 15 is 0 Å². The number of carbonyl (C=O) groups excluding carboxylic acids is 1. The van der Waals surface area contributed by atoms with E-state index < -0.39 is 0 Å². The lowest BCUT2D eigenvalue weighted by Crippen LogP contribution is -2.08. The van der Waals surface area contributed by atoms with Crippen LogP contribution in [0.15, 0.2) is 11.1 Å². The first kappa shape index (κ1) is 11.2. The second kappa shape index (κ2) is 4.96. The topological polar surface area (TPSA) is 26.3 Å². The number of hydrogen-bond acceptors (Lipinski definition) is 2. The number of esters is 1. The lowest BCUT2D eigenvalue weighted by atomic mass is 9.99. The standard InChI is InChI=1S/C10H18O2/c1-7(2)6-9(8(3)4)10(11)12-5/h7H,6H2,1-5H3. The van der Waals surface area contributed by atoms with Gasteiger partial charge in [-0.15, -0.1) is 0 Å². The third kappa shape index (κ3) is 3.56. The van der Waals surface area contributed by atoms with Crippen molar-refractivity contribution >= 4 is 5.97 Å². The second-order valence-electron chi connectivity index (χ2n) is 3.57.